The molecule has 6 nitrogen and oxygen atoms in total. The summed E-state index contributed by atoms with van der Waals surface area (Å²) in [6.45, 7) is 8.23. The summed E-state index contributed by atoms with van der Waals surface area (Å²) in [6.07, 6.45) is 10.8. The first-order chi connectivity index (χ1) is 20.7. The molecule has 4 aliphatic rings. The summed E-state index contributed by atoms with van der Waals surface area (Å²) in [5.74, 6) is 1.45. The molecule has 0 aromatic heterocycles. The van der Waals surface area contributed by atoms with Gasteiger partial charge in [-0.25, -0.2) is 4.21 Å². The van der Waals surface area contributed by atoms with Crippen molar-refractivity contribution in [2.75, 3.05) is 24.6 Å². The number of rotatable bonds is 2. The van der Waals surface area contributed by atoms with Gasteiger partial charge in [0.05, 0.1) is 23.6 Å². The first-order valence-electron chi connectivity index (χ1n) is 16.1. The van der Waals surface area contributed by atoms with E-state index in [9.17, 15) is 14.1 Å². The van der Waals surface area contributed by atoms with E-state index >= 15 is 0 Å². The molecule has 0 saturated heterocycles. The number of carbonyl (C=O) groups is 1. The van der Waals surface area contributed by atoms with E-state index in [1.165, 1.54) is 11.1 Å². The average Bonchev–Trinajstić information content (AvgIpc) is 3.14. The molecule has 1 fully saturated rings. The number of fused-ring (bicyclic) bond motifs is 4. The molecule has 1 saturated carbocycles. The zero-order valence-electron chi connectivity index (χ0n) is 25.6. The Hall–Kier alpha value is -2.35. The molecule has 2 aliphatic heterocycles. The van der Waals surface area contributed by atoms with Gasteiger partial charge in [0.15, 0.2) is 0 Å². The number of hydrogen-bond donors (Lipinski definition) is 2. The van der Waals surface area contributed by atoms with Crippen molar-refractivity contribution in [3.05, 3.63) is 70.3 Å². The molecule has 6 rings (SSSR count). The first kappa shape index (κ1) is 30.7. The van der Waals surface area contributed by atoms with Gasteiger partial charge in [-0.1, -0.05) is 43.7 Å². The fraction of sp³-hybridized carbons (Fsp3) is 0.571. The number of nitrogens with one attached hydrogen (secondary N) is 1. The van der Waals surface area contributed by atoms with Crippen LogP contribution in [0, 0.1) is 23.7 Å². The van der Waals surface area contributed by atoms with Crippen LogP contribution in [-0.2, 0) is 22.8 Å². The molecule has 0 radical (unpaired) electrons. The van der Waals surface area contributed by atoms with Gasteiger partial charge in [-0.05, 0) is 111 Å². The number of nitrogens with zero attached hydrogens (tertiary/aromatic N) is 1. The van der Waals surface area contributed by atoms with Crippen molar-refractivity contribution in [3.8, 4) is 5.75 Å². The summed E-state index contributed by atoms with van der Waals surface area (Å²) < 4.78 is 22.6. The molecular weight excluding hydrogens is 580 g/mol. The largest absolute Gasteiger partial charge is 0.490 e. The second-order valence-corrected chi connectivity index (χ2v) is 15.4. The van der Waals surface area contributed by atoms with Gasteiger partial charge in [0.1, 0.15) is 16.7 Å². The highest BCUT2D eigenvalue weighted by atomic mass is 35.5. The van der Waals surface area contributed by atoms with Crippen molar-refractivity contribution in [1.29, 1.82) is 0 Å². The van der Waals surface area contributed by atoms with Gasteiger partial charge >= 0.3 is 0 Å². The Morgan fingerprint density at radius 1 is 1.21 bits per heavy atom. The Labute approximate surface area is 263 Å². The maximum Gasteiger partial charge on any atom is 0.263 e. The van der Waals surface area contributed by atoms with Gasteiger partial charge in [-0.2, -0.15) is 0 Å². The molecule has 2 aromatic carbocycles. The third kappa shape index (κ3) is 6.02. The third-order valence-electron chi connectivity index (χ3n) is 10.8. The predicted molar refractivity (Wildman–Crippen MR) is 174 cm³/mol. The van der Waals surface area contributed by atoms with Crippen molar-refractivity contribution in [1.82, 2.24) is 4.72 Å². The van der Waals surface area contributed by atoms with Crippen LogP contribution in [0.2, 0.25) is 5.02 Å². The van der Waals surface area contributed by atoms with E-state index < -0.39 is 17.1 Å². The minimum Gasteiger partial charge on any atom is -0.490 e. The monoisotopic (exact) mass is 624 g/mol. The normalized spacial score (nSPS) is 34.1. The van der Waals surface area contributed by atoms with Crippen molar-refractivity contribution in [2.45, 2.75) is 82.5 Å². The number of anilines is 1. The molecule has 7 unspecified atom stereocenters. The van der Waals surface area contributed by atoms with Crippen molar-refractivity contribution >= 4 is 34.2 Å². The Bertz CT molecular complexity index is 1410. The van der Waals surface area contributed by atoms with Crippen LogP contribution in [0.1, 0.15) is 80.8 Å². The zero-order valence-corrected chi connectivity index (χ0v) is 27.1. The number of aliphatic hydroxyl groups excluding tert-OH is 1. The average molecular weight is 625 g/mol. The molecule has 1 amide bonds. The Morgan fingerprint density at radius 3 is 2.81 bits per heavy atom. The van der Waals surface area contributed by atoms with Gasteiger partial charge in [-0.3, -0.25) is 9.52 Å². The molecule has 2 bridgehead atoms. The quantitative estimate of drug-likeness (QED) is 0.368. The molecule has 8 atom stereocenters. The number of halogens is 1. The number of amides is 1. The summed E-state index contributed by atoms with van der Waals surface area (Å²) in [5, 5.41) is 11.7. The summed E-state index contributed by atoms with van der Waals surface area (Å²) in [4.78, 5) is 15.8. The molecule has 2 aromatic rings. The predicted octanol–water partition coefficient (Wildman–Crippen LogP) is 6.60. The smallest absolute Gasteiger partial charge is 0.263 e. The minimum absolute atomic E-state index is 0.0879. The van der Waals surface area contributed by atoms with E-state index in [0.717, 1.165) is 68.1 Å². The standard InChI is InChI=1S/C35H45ClN2O4S/c1-4-32(39)29-9-5-7-22(2)23(3)43(41)37-34(40)25-11-15-33-31(18-25)38(19-26-10-13-28(26)29)20-35(21-42-33)16-6-8-24-17-27(36)12-14-30(24)35/h5,9,11-12,14-15,17-18,22-23,26,28-29,32,39H,4,6-8,10,13,16,19-21H2,1-3H3,(H,37,40)/b9-5+/t22?,23?,26?,28?,29?,32?,35-,43?/m0/s1. The number of aliphatic hydroxyl groups is 1. The topological polar surface area (TPSA) is 78.9 Å². The van der Waals surface area contributed by atoms with Crippen LogP contribution in [-0.4, -0.2) is 46.3 Å². The Kier molecular flexibility index (Phi) is 8.96. The van der Waals surface area contributed by atoms with Gasteiger partial charge in [0.2, 0.25) is 0 Å². The van der Waals surface area contributed by atoms with Crippen LogP contribution in [0.4, 0.5) is 5.69 Å². The highest BCUT2D eigenvalue weighted by Crippen LogP contribution is 2.48. The SMILES string of the molecule is CCC(O)C1/C=C/CC(C)C(C)S(=O)NC(=O)c2ccc3c(c2)N(CC2CCC21)C[C@@]1(CCCc2cc(Cl)ccc21)CO3. The molecule has 2 heterocycles. The number of allylic oxidation sites excluding steroid dienone is 1. The number of ether oxygens (including phenoxy) is 1. The first-order valence-corrected chi connectivity index (χ1v) is 17.6. The van der Waals surface area contributed by atoms with E-state index in [1.54, 1.807) is 6.07 Å². The molecule has 1 spiro atoms. The summed E-state index contributed by atoms with van der Waals surface area (Å²) in [5.41, 5.74) is 3.82. The molecule has 8 heteroatoms. The van der Waals surface area contributed by atoms with Crippen LogP contribution in [0.15, 0.2) is 48.6 Å². The van der Waals surface area contributed by atoms with Crippen LogP contribution in [0.3, 0.4) is 0 Å². The number of carbonyl (C=O) groups excluding carboxylic acids is 1. The van der Waals surface area contributed by atoms with E-state index in [-0.39, 0.29) is 28.4 Å². The maximum absolute atomic E-state index is 13.4. The van der Waals surface area contributed by atoms with Crippen molar-refractivity contribution < 1.29 is 18.8 Å². The van der Waals surface area contributed by atoms with Crippen LogP contribution in [0.5, 0.6) is 5.75 Å². The molecular formula is C35H45ClN2O4S. The fourth-order valence-corrected chi connectivity index (χ4v) is 9.01. The van der Waals surface area contributed by atoms with E-state index in [0.29, 0.717) is 30.4 Å². The van der Waals surface area contributed by atoms with E-state index in [2.05, 4.69) is 47.8 Å². The number of aryl methyl sites for hydroxylation is 1. The second-order valence-electron chi connectivity index (χ2n) is 13.4. The van der Waals surface area contributed by atoms with Gasteiger partial charge in [-0.15, -0.1) is 0 Å². The van der Waals surface area contributed by atoms with Gasteiger partial charge in [0, 0.05) is 35.0 Å². The molecule has 2 N–H and O–H groups in total. The van der Waals surface area contributed by atoms with Crippen molar-refractivity contribution in [3.63, 3.8) is 0 Å². The lowest BCUT2D eigenvalue weighted by Crippen LogP contribution is -2.49. The second kappa shape index (κ2) is 12.6. The summed E-state index contributed by atoms with van der Waals surface area (Å²) in [7, 11) is -1.53. The number of hydrogen-bond acceptors (Lipinski definition) is 5. The Balaban J connectivity index is 1.42. The zero-order chi connectivity index (χ0) is 30.3. The highest BCUT2D eigenvalue weighted by molar-refractivity contribution is 7.84. The minimum atomic E-state index is -1.53. The summed E-state index contributed by atoms with van der Waals surface area (Å²) in [6, 6.07) is 11.9. The van der Waals surface area contributed by atoms with Gasteiger partial charge in [0.25, 0.3) is 5.91 Å². The van der Waals surface area contributed by atoms with E-state index in [4.69, 9.17) is 16.3 Å². The van der Waals surface area contributed by atoms with E-state index in [1.807, 2.05) is 25.1 Å². The fourth-order valence-electron chi connectivity index (χ4n) is 7.79. The maximum atomic E-state index is 13.4. The lowest BCUT2D eigenvalue weighted by Gasteiger charge is -2.47. The summed E-state index contributed by atoms with van der Waals surface area (Å²) >= 11 is 6.43. The lowest BCUT2D eigenvalue weighted by atomic mass is 9.64. The Morgan fingerprint density at radius 2 is 2.05 bits per heavy atom. The lowest BCUT2D eigenvalue weighted by molar-refractivity contribution is 0.0313. The molecule has 43 heavy (non-hydrogen) atoms. The van der Waals surface area contributed by atoms with Crippen molar-refractivity contribution in [2.24, 2.45) is 23.7 Å². The van der Waals surface area contributed by atoms with Crippen LogP contribution < -0.4 is 14.4 Å². The third-order valence-corrected chi connectivity index (χ3v) is 12.5. The van der Waals surface area contributed by atoms with Crippen LogP contribution in [0.25, 0.3) is 0 Å². The van der Waals surface area contributed by atoms with Crippen LogP contribution >= 0.6 is 11.6 Å². The number of benzene rings is 2. The highest BCUT2D eigenvalue weighted by Gasteiger charge is 2.45. The molecule has 2 aliphatic carbocycles. The molecule has 232 valence electrons. The van der Waals surface area contributed by atoms with Gasteiger partial charge < -0.3 is 14.7 Å².